The summed E-state index contributed by atoms with van der Waals surface area (Å²) >= 11 is 11.9. The van der Waals surface area contributed by atoms with Crippen molar-refractivity contribution < 1.29 is 18.0 Å². The zero-order valence-electron chi connectivity index (χ0n) is 17.7. The number of amides is 2. The first kappa shape index (κ1) is 24.5. The summed E-state index contributed by atoms with van der Waals surface area (Å²) in [6.07, 6.45) is 3.46. The Hall–Kier alpha value is -2.13. The number of benzene rings is 2. The Balaban J connectivity index is 1.59. The van der Waals surface area contributed by atoms with Gasteiger partial charge in [0, 0.05) is 25.3 Å². The van der Waals surface area contributed by atoms with Crippen LogP contribution in [0.4, 0.5) is 5.69 Å². The zero-order chi connectivity index (χ0) is 23.3. The third-order valence-corrected chi connectivity index (χ3v) is 7.12. The van der Waals surface area contributed by atoms with Crippen LogP contribution < -0.4 is 5.32 Å². The van der Waals surface area contributed by atoms with Crippen molar-refractivity contribution >= 4 is 50.7 Å². The summed E-state index contributed by atoms with van der Waals surface area (Å²) in [4.78, 5) is 26.6. The van der Waals surface area contributed by atoms with Crippen LogP contribution in [0.2, 0.25) is 10.0 Å². The van der Waals surface area contributed by atoms with E-state index in [2.05, 4.69) is 5.32 Å². The molecule has 0 aliphatic carbocycles. The van der Waals surface area contributed by atoms with Gasteiger partial charge in [-0.1, -0.05) is 41.4 Å². The van der Waals surface area contributed by atoms with E-state index in [-0.39, 0.29) is 19.0 Å². The number of carbonyl (C=O) groups excluding carboxylic acids is 2. The van der Waals surface area contributed by atoms with Crippen molar-refractivity contribution in [3.63, 3.8) is 0 Å². The van der Waals surface area contributed by atoms with Crippen molar-refractivity contribution in [1.82, 2.24) is 9.21 Å². The molecular formula is C22H25Cl2N3O4S. The predicted octanol–water partition coefficient (Wildman–Crippen LogP) is 3.56. The first-order chi connectivity index (χ1) is 15.1. The Morgan fingerprint density at radius 3 is 2.22 bits per heavy atom. The number of rotatable bonds is 8. The van der Waals surface area contributed by atoms with Gasteiger partial charge in [-0.2, -0.15) is 4.31 Å². The molecule has 3 rings (SSSR count). The number of nitrogens with one attached hydrogen (secondary N) is 1. The number of anilines is 1. The molecular weight excluding hydrogens is 473 g/mol. The van der Waals surface area contributed by atoms with Crippen LogP contribution in [-0.4, -0.2) is 55.3 Å². The summed E-state index contributed by atoms with van der Waals surface area (Å²) in [6, 6.07) is 11.8. The Labute approximate surface area is 198 Å². The van der Waals surface area contributed by atoms with Gasteiger partial charge in [0.05, 0.1) is 29.3 Å². The van der Waals surface area contributed by atoms with Gasteiger partial charge >= 0.3 is 0 Å². The SMILES string of the molecule is CS(=O)(=O)N(CC(=O)Nc1ccc(CC(=O)N2CCCC2)cc1)Cc1ccc(Cl)c(Cl)c1. The van der Waals surface area contributed by atoms with Gasteiger partial charge in [-0.3, -0.25) is 9.59 Å². The topological polar surface area (TPSA) is 86.8 Å². The van der Waals surface area contributed by atoms with Crippen molar-refractivity contribution in [3.8, 4) is 0 Å². The monoisotopic (exact) mass is 497 g/mol. The van der Waals surface area contributed by atoms with Gasteiger partial charge in [0.25, 0.3) is 0 Å². The van der Waals surface area contributed by atoms with Gasteiger partial charge in [-0.05, 0) is 48.2 Å². The van der Waals surface area contributed by atoms with Crippen LogP contribution in [0.25, 0.3) is 0 Å². The molecule has 0 radical (unpaired) electrons. The lowest BCUT2D eigenvalue weighted by Crippen LogP contribution is -2.36. The fourth-order valence-electron chi connectivity index (χ4n) is 3.45. The standard InChI is InChI=1S/C22H25Cl2N3O4S/c1-32(30,31)27(14-17-6-9-19(23)20(24)12-17)15-21(28)25-18-7-4-16(5-8-18)13-22(29)26-10-2-3-11-26/h4-9,12H,2-3,10-11,13-15H2,1H3,(H,25,28). The van der Waals surface area contributed by atoms with E-state index in [1.807, 2.05) is 4.90 Å². The molecule has 32 heavy (non-hydrogen) atoms. The average molecular weight is 498 g/mol. The van der Waals surface area contributed by atoms with Crippen LogP contribution in [0.5, 0.6) is 0 Å². The van der Waals surface area contributed by atoms with Crippen LogP contribution in [0.1, 0.15) is 24.0 Å². The Kier molecular flexibility index (Phi) is 8.16. The molecule has 1 fully saturated rings. The number of likely N-dealkylation sites (tertiary alicyclic amines) is 1. The highest BCUT2D eigenvalue weighted by molar-refractivity contribution is 7.88. The summed E-state index contributed by atoms with van der Waals surface area (Å²) in [6.45, 7) is 1.26. The number of hydrogen-bond acceptors (Lipinski definition) is 4. The Morgan fingerprint density at radius 2 is 1.62 bits per heavy atom. The van der Waals surface area contributed by atoms with Gasteiger partial charge in [-0.25, -0.2) is 8.42 Å². The normalized spacial score (nSPS) is 14.1. The molecule has 0 aromatic heterocycles. The molecule has 1 aliphatic heterocycles. The molecule has 2 aromatic carbocycles. The zero-order valence-corrected chi connectivity index (χ0v) is 20.0. The van der Waals surface area contributed by atoms with Crippen LogP contribution in [0, 0.1) is 0 Å². The van der Waals surface area contributed by atoms with E-state index >= 15 is 0 Å². The van der Waals surface area contributed by atoms with Gasteiger partial charge in [0.15, 0.2) is 0 Å². The second kappa shape index (κ2) is 10.7. The number of hydrogen-bond donors (Lipinski definition) is 1. The summed E-state index contributed by atoms with van der Waals surface area (Å²) in [5, 5.41) is 3.37. The van der Waals surface area contributed by atoms with Gasteiger partial charge in [-0.15, -0.1) is 0 Å². The highest BCUT2D eigenvalue weighted by Crippen LogP contribution is 2.23. The van der Waals surface area contributed by atoms with Crippen molar-refractivity contribution in [2.24, 2.45) is 0 Å². The van der Waals surface area contributed by atoms with Crippen LogP contribution in [0.3, 0.4) is 0 Å². The summed E-state index contributed by atoms with van der Waals surface area (Å²) in [7, 11) is -3.65. The lowest BCUT2D eigenvalue weighted by Gasteiger charge is -2.20. The number of sulfonamides is 1. The minimum absolute atomic E-state index is 0.0132. The lowest BCUT2D eigenvalue weighted by atomic mass is 10.1. The van der Waals surface area contributed by atoms with Gasteiger partial charge < -0.3 is 10.2 Å². The van der Waals surface area contributed by atoms with Gasteiger partial charge in [0.1, 0.15) is 0 Å². The smallest absolute Gasteiger partial charge is 0.239 e. The number of halogens is 2. The van der Waals surface area contributed by atoms with Crippen molar-refractivity contribution in [2.45, 2.75) is 25.8 Å². The molecule has 0 saturated carbocycles. The summed E-state index contributed by atoms with van der Waals surface area (Å²) in [5.41, 5.74) is 2.00. The molecule has 172 valence electrons. The fourth-order valence-corrected chi connectivity index (χ4v) is 4.51. The van der Waals surface area contributed by atoms with Crippen molar-refractivity contribution in [1.29, 1.82) is 0 Å². The highest BCUT2D eigenvalue weighted by Gasteiger charge is 2.21. The van der Waals surface area contributed by atoms with E-state index in [0.717, 1.165) is 42.1 Å². The van der Waals surface area contributed by atoms with E-state index < -0.39 is 15.9 Å². The minimum atomic E-state index is -3.65. The van der Waals surface area contributed by atoms with Crippen molar-refractivity contribution in [2.75, 3.05) is 31.2 Å². The summed E-state index contributed by atoms with van der Waals surface area (Å²) < 4.78 is 25.4. The molecule has 0 bridgehead atoms. The van der Waals surface area contributed by atoms with E-state index in [1.165, 1.54) is 0 Å². The molecule has 0 spiro atoms. The van der Waals surface area contributed by atoms with Crippen LogP contribution in [0.15, 0.2) is 42.5 Å². The van der Waals surface area contributed by atoms with Crippen LogP contribution >= 0.6 is 23.2 Å². The molecule has 1 saturated heterocycles. The Bertz CT molecular complexity index is 1080. The number of carbonyl (C=O) groups is 2. The predicted molar refractivity (Wildman–Crippen MR) is 126 cm³/mol. The number of nitrogens with zero attached hydrogens (tertiary/aromatic N) is 2. The van der Waals surface area contributed by atoms with E-state index in [0.29, 0.717) is 27.7 Å². The highest BCUT2D eigenvalue weighted by atomic mass is 35.5. The molecule has 2 amide bonds. The molecule has 1 N–H and O–H groups in total. The van der Waals surface area contributed by atoms with Gasteiger partial charge in [0.2, 0.25) is 21.8 Å². The molecule has 2 aromatic rings. The summed E-state index contributed by atoms with van der Waals surface area (Å²) in [5.74, 6) is -0.373. The maximum Gasteiger partial charge on any atom is 0.239 e. The first-order valence-corrected chi connectivity index (χ1v) is 12.8. The molecule has 1 aliphatic rings. The third kappa shape index (κ3) is 6.93. The maximum absolute atomic E-state index is 12.5. The van der Waals surface area contributed by atoms with E-state index in [9.17, 15) is 18.0 Å². The van der Waals surface area contributed by atoms with E-state index in [4.69, 9.17) is 23.2 Å². The second-order valence-corrected chi connectivity index (χ2v) is 10.6. The maximum atomic E-state index is 12.5. The molecule has 1 heterocycles. The fraction of sp³-hybridized carbons (Fsp3) is 0.364. The average Bonchev–Trinajstić information content (AvgIpc) is 3.26. The first-order valence-electron chi connectivity index (χ1n) is 10.2. The largest absolute Gasteiger partial charge is 0.342 e. The molecule has 0 atom stereocenters. The molecule has 10 heteroatoms. The Morgan fingerprint density at radius 1 is 1.00 bits per heavy atom. The third-order valence-electron chi connectivity index (χ3n) is 5.18. The molecule has 0 unspecified atom stereocenters. The molecule has 7 nitrogen and oxygen atoms in total. The van der Waals surface area contributed by atoms with Crippen LogP contribution in [-0.2, 0) is 32.6 Å². The second-order valence-electron chi connectivity index (χ2n) is 7.79. The lowest BCUT2D eigenvalue weighted by molar-refractivity contribution is -0.129. The van der Waals surface area contributed by atoms with Crippen molar-refractivity contribution in [3.05, 3.63) is 63.6 Å². The van der Waals surface area contributed by atoms with E-state index in [1.54, 1.807) is 42.5 Å². The quantitative estimate of drug-likeness (QED) is 0.603. The minimum Gasteiger partial charge on any atom is -0.342 e.